The third-order valence-corrected chi connectivity index (χ3v) is 3.67. The van der Waals surface area contributed by atoms with E-state index in [1.807, 2.05) is 19.2 Å². The minimum Gasteiger partial charge on any atom is -0.497 e. The Bertz CT molecular complexity index is 477. The highest BCUT2D eigenvalue weighted by Crippen LogP contribution is 2.12. The molecule has 5 heteroatoms. The highest BCUT2D eigenvalue weighted by Gasteiger charge is 2.10. The molecule has 1 aliphatic rings. The van der Waals surface area contributed by atoms with Gasteiger partial charge in [0, 0.05) is 19.6 Å². The highest BCUT2D eigenvalue weighted by molar-refractivity contribution is 14.0. The predicted octanol–water partition coefficient (Wildman–Crippen LogP) is 3.13. The van der Waals surface area contributed by atoms with Gasteiger partial charge in [-0.25, -0.2) is 0 Å². The Morgan fingerprint density at radius 2 is 1.91 bits per heavy atom. The zero-order chi connectivity index (χ0) is 14.9. The van der Waals surface area contributed by atoms with Crippen molar-refractivity contribution >= 4 is 29.9 Å². The Morgan fingerprint density at radius 1 is 1.23 bits per heavy atom. The average Bonchev–Trinajstić information content (AvgIpc) is 3.04. The number of hydrogen-bond donors (Lipinski definition) is 2. The van der Waals surface area contributed by atoms with Gasteiger partial charge >= 0.3 is 0 Å². The number of aryl methyl sites for hydroxylation is 1. The van der Waals surface area contributed by atoms with Gasteiger partial charge in [-0.2, -0.15) is 0 Å². The second-order valence-electron chi connectivity index (χ2n) is 5.23. The third kappa shape index (κ3) is 6.25. The van der Waals surface area contributed by atoms with Crippen molar-refractivity contribution in [2.45, 2.75) is 31.7 Å². The van der Waals surface area contributed by atoms with Gasteiger partial charge in [-0.15, -0.1) is 24.0 Å². The number of nitrogens with one attached hydrogen (secondary N) is 2. The molecule has 122 valence electrons. The fourth-order valence-corrected chi connectivity index (χ4v) is 2.41. The summed E-state index contributed by atoms with van der Waals surface area (Å²) in [7, 11) is 3.51. The number of nitrogens with zero attached hydrogens (tertiary/aromatic N) is 1. The lowest BCUT2D eigenvalue weighted by atomic mass is 10.1. The number of methoxy groups -OCH3 is 1. The van der Waals surface area contributed by atoms with Crippen LogP contribution in [0.4, 0.5) is 0 Å². The maximum absolute atomic E-state index is 5.16. The summed E-state index contributed by atoms with van der Waals surface area (Å²) >= 11 is 0. The molecule has 0 fully saturated rings. The minimum absolute atomic E-state index is 0. The van der Waals surface area contributed by atoms with Crippen LogP contribution in [-0.2, 0) is 6.42 Å². The molecule has 0 atom stereocenters. The maximum atomic E-state index is 5.16. The topological polar surface area (TPSA) is 45.7 Å². The standard InChI is InChI=1S/C17H25N3O.HI/c1-18-17(20-15-7-3-4-8-15)19-13-5-6-14-9-11-16(21-2)12-10-14;/h3-4,9-12,15H,5-8,13H2,1-2H3,(H2,18,19,20);1H. The van der Waals surface area contributed by atoms with E-state index in [4.69, 9.17) is 4.74 Å². The first-order chi connectivity index (χ1) is 10.3. The van der Waals surface area contributed by atoms with E-state index < -0.39 is 0 Å². The number of halogens is 1. The maximum Gasteiger partial charge on any atom is 0.191 e. The van der Waals surface area contributed by atoms with Crippen molar-refractivity contribution in [1.82, 2.24) is 10.6 Å². The van der Waals surface area contributed by atoms with E-state index in [2.05, 4.69) is 39.9 Å². The first kappa shape index (κ1) is 18.8. The van der Waals surface area contributed by atoms with Gasteiger partial charge in [-0.05, 0) is 43.4 Å². The smallest absolute Gasteiger partial charge is 0.191 e. The van der Waals surface area contributed by atoms with Crippen molar-refractivity contribution in [2.75, 3.05) is 20.7 Å². The van der Waals surface area contributed by atoms with Crippen molar-refractivity contribution in [2.24, 2.45) is 4.99 Å². The fourth-order valence-electron chi connectivity index (χ4n) is 2.41. The SMILES string of the molecule is CN=C(NCCCc1ccc(OC)cc1)NC1CC=CC1.I. The van der Waals surface area contributed by atoms with Crippen LogP contribution in [0.5, 0.6) is 5.75 Å². The molecular weight excluding hydrogens is 389 g/mol. The van der Waals surface area contributed by atoms with Crippen molar-refractivity contribution in [3.8, 4) is 5.75 Å². The van der Waals surface area contributed by atoms with Gasteiger partial charge in [-0.1, -0.05) is 24.3 Å². The third-order valence-electron chi connectivity index (χ3n) is 3.67. The molecule has 0 unspecified atom stereocenters. The summed E-state index contributed by atoms with van der Waals surface area (Å²) in [5, 5.41) is 6.81. The molecule has 2 N–H and O–H groups in total. The van der Waals surface area contributed by atoms with Crippen LogP contribution < -0.4 is 15.4 Å². The number of benzene rings is 1. The second-order valence-corrected chi connectivity index (χ2v) is 5.23. The molecule has 0 bridgehead atoms. The normalized spacial score (nSPS) is 14.5. The first-order valence-electron chi connectivity index (χ1n) is 7.57. The summed E-state index contributed by atoms with van der Waals surface area (Å²) in [5.41, 5.74) is 1.33. The monoisotopic (exact) mass is 415 g/mol. The second kappa shape index (κ2) is 10.5. The van der Waals surface area contributed by atoms with Crippen LogP contribution in [0.2, 0.25) is 0 Å². The van der Waals surface area contributed by atoms with Crippen LogP contribution in [0.1, 0.15) is 24.8 Å². The van der Waals surface area contributed by atoms with Crippen LogP contribution >= 0.6 is 24.0 Å². The largest absolute Gasteiger partial charge is 0.497 e. The Morgan fingerprint density at radius 3 is 2.50 bits per heavy atom. The molecule has 0 saturated carbocycles. The van der Waals surface area contributed by atoms with Crippen molar-refractivity contribution in [1.29, 1.82) is 0 Å². The van der Waals surface area contributed by atoms with Gasteiger partial charge < -0.3 is 15.4 Å². The zero-order valence-electron chi connectivity index (χ0n) is 13.3. The molecule has 1 aromatic carbocycles. The number of rotatable bonds is 6. The van der Waals surface area contributed by atoms with Gasteiger partial charge in [0.1, 0.15) is 5.75 Å². The van der Waals surface area contributed by atoms with E-state index in [1.165, 1.54) is 5.56 Å². The van der Waals surface area contributed by atoms with Gasteiger partial charge in [0.15, 0.2) is 5.96 Å². The molecule has 22 heavy (non-hydrogen) atoms. The van der Waals surface area contributed by atoms with E-state index in [0.717, 1.165) is 43.9 Å². The first-order valence-corrected chi connectivity index (χ1v) is 7.57. The Kier molecular flexibility index (Phi) is 8.96. The molecule has 0 amide bonds. The van der Waals surface area contributed by atoms with Crippen LogP contribution in [0.3, 0.4) is 0 Å². The lowest BCUT2D eigenvalue weighted by molar-refractivity contribution is 0.414. The lowest BCUT2D eigenvalue weighted by Gasteiger charge is -2.16. The van der Waals surface area contributed by atoms with Crippen molar-refractivity contribution < 1.29 is 4.74 Å². The van der Waals surface area contributed by atoms with Gasteiger partial charge in [0.2, 0.25) is 0 Å². The molecule has 2 rings (SSSR count). The number of aliphatic imine (C=N–C) groups is 1. The molecule has 1 aliphatic carbocycles. The van der Waals surface area contributed by atoms with Crippen LogP contribution in [0, 0.1) is 0 Å². The highest BCUT2D eigenvalue weighted by atomic mass is 127. The number of guanidine groups is 1. The van der Waals surface area contributed by atoms with Crippen LogP contribution in [-0.4, -0.2) is 32.7 Å². The van der Waals surface area contributed by atoms with E-state index in [1.54, 1.807) is 7.11 Å². The van der Waals surface area contributed by atoms with E-state index in [0.29, 0.717) is 6.04 Å². The van der Waals surface area contributed by atoms with Gasteiger partial charge in [0.05, 0.1) is 7.11 Å². The molecule has 1 aromatic rings. The minimum atomic E-state index is 0. The van der Waals surface area contributed by atoms with Crippen LogP contribution in [0.25, 0.3) is 0 Å². The quantitative estimate of drug-likeness (QED) is 0.247. The molecule has 4 nitrogen and oxygen atoms in total. The summed E-state index contributed by atoms with van der Waals surface area (Å²) in [6.45, 7) is 0.922. The zero-order valence-corrected chi connectivity index (χ0v) is 15.7. The predicted molar refractivity (Wildman–Crippen MR) is 103 cm³/mol. The van der Waals surface area contributed by atoms with E-state index in [9.17, 15) is 0 Å². The molecule has 0 spiro atoms. The fraction of sp³-hybridized carbons (Fsp3) is 0.471. The Labute approximate surface area is 150 Å². The van der Waals surface area contributed by atoms with Crippen LogP contribution in [0.15, 0.2) is 41.4 Å². The van der Waals surface area contributed by atoms with Gasteiger partial charge in [-0.3, -0.25) is 4.99 Å². The Balaban J connectivity index is 0.00000242. The molecule has 0 saturated heterocycles. The van der Waals surface area contributed by atoms with Crippen molar-refractivity contribution in [3.05, 3.63) is 42.0 Å². The van der Waals surface area contributed by atoms with Gasteiger partial charge in [0.25, 0.3) is 0 Å². The van der Waals surface area contributed by atoms with E-state index in [-0.39, 0.29) is 24.0 Å². The number of ether oxygens (including phenoxy) is 1. The van der Waals surface area contributed by atoms with E-state index >= 15 is 0 Å². The van der Waals surface area contributed by atoms with Crippen molar-refractivity contribution in [3.63, 3.8) is 0 Å². The summed E-state index contributed by atoms with van der Waals surface area (Å²) in [6.07, 6.45) is 8.75. The molecule has 0 radical (unpaired) electrons. The molecule has 0 aliphatic heterocycles. The Hall–Kier alpha value is -1.24. The molecule has 0 aromatic heterocycles. The number of hydrogen-bond acceptors (Lipinski definition) is 2. The summed E-state index contributed by atoms with van der Waals surface area (Å²) in [5.74, 6) is 1.81. The summed E-state index contributed by atoms with van der Waals surface area (Å²) < 4.78 is 5.16. The molecule has 0 heterocycles. The molecular formula is C17H26IN3O. The lowest BCUT2D eigenvalue weighted by Crippen LogP contribution is -2.42. The average molecular weight is 415 g/mol. The summed E-state index contributed by atoms with van der Waals surface area (Å²) in [6, 6.07) is 8.76. The summed E-state index contributed by atoms with van der Waals surface area (Å²) in [4.78, 5) is 4.27.